The highest BCUT2D eigenvalue weighted by Gasteiger charge is 2.11. The van der Waals surface area contributed by atoms with E-state index in [-0.39, 0.29) is 5.75 Å². The quantitative estimate of drug-likeness (QED) is 0.416. The van der Waals surface area contributed by atoms with Gasteiger partial charge in [0.05, 0.1) is 7.11 Å². The Bertz CT molecular complexity index is 1140. The van der Waals surface area contributed by atoms with Gasteiger partial charge in [0.25, 0.3) is 0 Å². The zero-order valence-electron chi connectivity index (χ0n) is 16.2. The Kier molecular flexibility index (Phi) is 6.01. The number of benzene rings is 3. The van der Waals surface area contributed by atoms with Crippen molar-refractivity contribution in [2.24, 2.45) is 4.99 Å². The molecule has 7 heteroatoms. The van der Waals surface area contributed by atoms with E-state index in [1.54, 1.807) is 37.6 Å². The standard InChI is InChI=1S/C23H19N3O3S/c1-28-21-13-18(9-12-20(21)29-15-17-5-3-2-4-6-17)22-25-26-23(30-22)24-14-16-7-10-19(27)11-8-16/h2-14,27H,15H2,1H3/b24-14+. The van der Waals surface area contributed by atoms with Gasteiger partial charge in [-0.05, 0) is 53.6 Å². The number of rotatable bonds is 7. The van der Waals surface area contributed by atoms with Gasteiger partial charge in [-0.3, -0.25) is 0 Å². The molecule has 0 aliphatic rings. The van der Waals surface area contributed by atoms with E-state index in [0.29, 0.717) is 23.2 Å². The Labute approximate surface area is 178 Å². The van der Waals surface area contributed by atoms with E-state index < -0.39 is 0 Å². The van der Waals surface area contributed by atoms with Crippen molar-refractivity contribution < 1.29 is 14.6 Å². The largest absolute Gasteiger partial charge is 0.508 e. The number of aromatic hydroxyl groups is 1. The minimum absolute atomic E-state index is 0.218. The molecular formula is C23H19N3O3S. The van der Waals surface area contributed by atoms with Gasteiger partial charge in [-0.25, -0.2) is 4.99 Å². The van der Waals surface area contributed by atoms with Crippen LogP contribution in [0.3, 0.4) is 0 Å². The summed E-state index contributed by atoms with van der Waals surface area (Å²) in [6, 6.07) is 22.4. The van der Waals surface area contributed by atoms with Crippen molar-refractivity contribution in [1.82, 2.24) is 10.2 Å². The fourth-order valence-corrected chi connectivity index (χ4v) is 3.42. The van der Waals surface area contributed by atoms with Crippen LogP contribution in [0.1, 0.15) is 11.1 Å². The molecule has 150 valence electrons. The van der Waals surface area contributed by atoms with E-state index in [0.717, 1.165) is 21.7 Å². The molecule has 0 unspecified atom stereocenters. The molecule has 1 N–H and O–H groups in total. The predicted molar refractivity (Wildman–Crippen MR) is 118 cm³/mol. The average Bonchev–Trinajstić information content (AvgIpc) is 3.27. The van der Waals surface area contributed by atoms with Gasteiger partial charge in [-0.1, -0.05) is 41.7 Å². The molecule has 0 amide bonds. The third-order valence-electron chi connectivity index (χ3n) is 4.28. The molecule has 0 aliphatic carbocycles. The number of hydrogen-bond acceptors (Lipinski definition) is 7. The molecule has 30 heavy (non-hydrogen) atoms. The van der Waals surface area contributed by atoms with Gasteiger partial charge >= 0.3 is 0 Å². The smallest absolute Gasteiger partial charge is 0.231 e. The molecule has 4 rings (SSSR count). The molecule has 0 radical (unpaired) electrons. The maximum Gasteiger partial charge on any atom is 0.231 e. The number of hydrogen-bond donors (Lipinski definition) is 1. The van der Waals surface area contributed by atoms with Crippen LogP contribution in [0.5, 0.6) is 17.2 Å². The summed E-state index contributed by atoms with van der Waals surface area (Å²) < 4.78 is 11.4. The van der Waals surface area contributed by atoms with E-state index in [2.05, 4.69) is 15.2 Å². The average molecular weight is 417 g/mol. The second-order valence-corrected chi connectivity index (χ2v) is 7.34. The molecule has 0 bridgehead atoms. The lowest BCUT2D eigenvalue weighted by atomic mass is 10.2. The topological polar surface area (TPSA) is 76.8 Å². The van der Waals surface area contributed by atoms with E-state index >= 15 is 0 Å². The monoisotopic (exact) mass is 417 g/mol. The van der Waals surface area contributed by atoms with E-state index in [1.807, 2.05) is 48.5 Å². The Morgan fingerprint density at radius 3 is 2.53 bits per heavy atom. The summed E-state index contributed by atoms with van der Waals surface area (Å²) in [6.07, 6.45) is 1.69. The summed E-state index contributed by atoms with van der Waals surface area (Å²) in [6.45, 7) is 0.464. The molecular weight excluding hydrogens is 398 g/mol. The highest BCUT2D eigenvalue weighted by molar-refractivity contribution is 7.18. The highest BCUT2D eigenvalue weighted by atomic mass is 32.1. The molecule has 4 aromatic rings. The third kappa shape index (κ3) is 4.82. The summed E-state index contributed by atoms with van der Waals surface area (Å²) in [7, 11) is 1.61. The van der Waals surface area contributed by atoms with Gasteiger partial charge in [-0.15, -0.1) is 10.2 Å². The normalized spacial score (nSPS) is 11.0. The molecule has 0 saturated heterocycles. The molecule has 0 saturated carbocycles. The van der Waals surface area contributed by atoms with Gasteiger partial charge < -0.3 is 14.6 Å². The molecule has 0 fully saturated rings. The first kappa shape index (κ1) is 19.6. The van der Waals surface area contributed by atoms with Crippen LogP contribution in [0, 0.1) is 0 Å². The minimum Gasteiger partial charge on any atom is -0.508 e. The number of aliphatic imine (C=N–C) groups is 1. The summed E-state index contributed by atoms with van der Waals surface area (Å²) in [5.74, 6) is 1.52. The lowest BCUT2D eigenvalue weighted by Gasteiger charge is -2.11. The number of phenolic OH excluding ortho intramolecular Hbond substituents is 1. The number of aromatic nitrogens is 2. The minimum atomic E-state index is 0.218. The summed E-state index contributed by atoms with van der Waals surface area (Å²) >= 11 is 1.38. The maximum atomic E-state index is 9.34. The Hall–Kier alpha value is -3.71. The molecule has 0 atom stereocenters. The molecule has 6 nitrogen and oxygen atoms in total. The van der Waals surface area contributed by atoms with Crippen LogP contribution in [-0.2, 0) is 6.61 Å². The van der Waals surface area contributed by atoms with Crippen LogP contribution < -0.4 is 9.47 Å². The lowest BCUT2D eigenvalue weighted by molar-refractivity contribution is 0.284. The summed E-state index contributed by atoms with van der Waals surface area (Å²) in [5, 5.41) is 19.0. The Balaban J connectivity index is 1.48. The third-order valence-corrected chi connectivity index (χ3v) is 5.16. The van der Waals surface area contributed by atoms with Crippen LogP contribution >= 0.6 is 11.3 Å². The first-order chi connectivity index (χ1) is 14.7. The Morgan fingerprint density at radius 1 is 0.967 bits per heavy atom. The van der Waals surface area contributed by atoms with Crippen LogP contribution in [0.15, 0.2) is 77.8 Å². The second-order valence-electron chi connectivity index (χ2n) is 6.38. The van der Waals surface area contributed by atoms with Crippen LogP contribution in [0.2, 0.25) is 0 Å². The van der Waals surface area contributed by atoms with E-state index in [4.69, 9.17) is 9.47 Å². The van der Waals surface area contributed by atoms with Crippen LogP contribution in [-0.4, -0.2) is 28.6 Å². The van der Waals surface area contributed by atoms with Gasteiger partial charge in [0.1, 0.15) is 17.4 Å². The number of nitrogens with zero attached hydrogens (tertiary/aromatic N) is 3. The van der Waals surface area contributed by atoms with Gasteiger partial charge in [0.15, 0.2) is 11.5 Å². The SMILES string of the molecule is COc1cc(-c2nnc(/N=C/c3ccc(O)cc3)s2)ccc1OCc1ccccc1. The van der Waals surface area contributed by atoms with Crippen molar-refractivity contribution in [1.29, 1.82) is 0 Å². The fourth-order valence-electron chi connectivity index (χ4n) is 2.73. The first-order valence-corrected chi connectivity index (χ1v) is 10.0. The molecule has 1 aromatic heterocycles. The zero-order chi connectivity index (χ0) is 20.8. The van der Waals surface area contributed by atoms with Crippen molar-refractivity contribution in [3.8, 4) is 27.8 Å². The van der Waals surface area contributed by atoms with Gasteiger partial charge in [0, 0.05) is 11.8 Å². The second kappa shape index (κ2) is 9.19. The van der Waals surface area contributed by atoms with Crippen LogP contribution in [0.25, 0.3) is 10.6 Å². The van der Waals surface area contributed by atoms with Gasteiger partial charge in [0.2, 0.25) is 5.13 Å². The van der Waals surface area contributed by atoms with Crippen molar-refractivity contribution in [3.63, 3.8) is 0 Å². The Morgan fingerprint density at radius 2 is 1.77 bits per heavy atom. The molecule has 0 spiro atoms. The lowest BCUT2D eigenvalue weighted by Crippen LogP contribution is -1.97. The molecule has 1 heterocycles. The zero-order valence-corrected chi connectivity index (χ0v) is 17.0. The predicted octanol–water partition coefficient (Wildman–Crippen LogP) is 5.25. The van der Waals surface area contributed by atoms with Crippen molar-refractivity contribution >= 4 is 22.7 Å². The molecule has 0 aliphatic heterocycles. The van der Waals surface area contributed by atoms with E-state index in [1.165, 1.54) is 11.3 Å². The highest BCUT2D eigenvalue weighted by Crippen LogP contribution is 2.35. The number of ether oxygens (including phenoxy) is 2. The summed E-state index contributed by atoms with van der Waals surface area (Å²) in [4.78, 5) is 4.36. The van der Waals surface area contributed by atoms with E-state index in [9.17, 15) is 5.11 Å². The maximum absolute atomic E-state index is 9.34. The number of methoxy groups -OCH3 is 1. The van der Waals surface area contributed by atoms with Gasteiger partial charge in [-0.2, -0.15) is 0 Å². The first-order valence-electron chi connectivity index (χ1n) is 9.23. The van der Waals surface area contributed by atoms with Crippen molar-refractivity contribution in [2.45, 2.75) is 6.61 Å². The fraction of sp³-hybridized carbons (Fsp3) is 0.0870. The summed E-state index contributed by atoms with van der Waals surface area (Å²) in [5.41, 5.74) is 2.83. The van der Waals surface area contributed by atoms with Crippen LogP contribution in [0.4, 0.5) is 5.13 Å². The van der Waals surface area contributed by atoms with Crippen molar-refractivity contribution in [3.05, 3.63) is 83.9 Å². The van der Waals surface area contributed by atoms with Crippen molar-refractivity contribution in [2.75, 3.05) is 7.11 Å². The molecule has 3 aromatic carbocycles. The number of phenols is 1.